The zero-order chi connectivity index (χ0) is 15.0. The molecule has 0 aliphatic heterocycles. The van der Waals surface area contributed by atoms with Crippen LogP contribution in [0.1, 0.15) is 33.6 Å². The maximum atomic E-state index is 11.7. The van der Waals surface area contributed by atoms with Crippen LogP contribution >= 0.6 is 0 Å². The van der Waals surface area contributed by atoms with E-state index in [9.17, 15) is 14.4 Å². The van der Waals surface area contributed by atoms with E-state index in [1.54, 1.807) is 6.92 Å². The van der Waals surface area contributed by atoms with Crippen LogP contribution in [0.25, 0.3) is 0 Å². The number of esters is 2. The lowest BCUT2D eigenvalue weighted by Crippen LogP contribution is -2.43. The number of ether oxygens (including phenoxy) is 2. The molecule has 1 amide bonds. The highest BCUT2D eigenvalue weighted by atomic mass is 16.5. The molecule has 6 heteroatoms. The first kappa shape index (κ1) is 17.4. The van der Waals surface area contributed by atoms with Crippen LogP contribution in [0.2, 0.25) is 0 Å². The summed E-state index contributed by atoms with van der Waals surface area (Å²) in [6, 6.07) is -0.828. The van der Waals surface area contributed by atoms with Gasteiger partial charge in [0.25, 0.3) is 0 Å². The van der Waals surface area contributed by atoms with E-state index >= 15 is 0 Å². The Morgan fingerprint density at radius 3 is 1.95 bits per heavy atom. The second-order valence-corrected chi connectivity index (χ2v) is 4.90. The van der Waals surface area contributed by atoms with Crippen LogP contribution in [-0.2, 0) is 23.9 Å². The first-order valence-electron chi connectivity index (χ1n) is 6.26. The molecule has 2 atom stereocenters. The minimum atomic E-state index is -0.828. The monoisotopic (exact) mass is 273 g/mol. The third kappa shape index (κ3) is 6.79. The lowest BCUT2D eigenvalue weighted by atomic mass is 10.0. The zero-order valence-electron chi connectivity index (χ0n) is 12.2. The molecule has 0 aromatic carbocycles. The summed E-state index contributed by atoms with van der Waals surface area (Å²) in [5.74, 6) is -1.52. The van der Waals surface area contributed by atoms with E-state index in [1.165, 1.54) is 14.2 Å². The quantitative estimate of drug-likeness (QED) is 0.697. The molecule has 0 saturated carbocycles. The van der Waals surface area contributed by atoms with Crippen molar-refractivity contribution >= 4 is 17.8 Å². The lowest BCUT2D eigenvalue weighted by molar-refractivity contribution is -0.149. The molecule has 0 aromatic rings. The Morgan fingerprint density at radius 1 is 1.00 bits per heavy atom. The van der Waals surface area contributed by atoms with E-state index in [0.29, 0.717) is 6.42 Å². The van der Waals surface area contributed by atoms with E-state index in [-0.39, 0.29) is 18.2 Å². The molecule has 0 bridgehead atoms. The molecule has 0 heterocycles. The first-order chi connectivity index (χ1) is 8.81. The second kappa shape index (κ2) is 8.50. The number of hydrogen-bond donors (Lipinski definition) is 1. The Morgan fingerprint density at radius 2 is 1.53 bits per heavy atom. The van der Waals surface area contributed by atoms with Crippen LogP contribution < -0.4 is 5.32 Å². The second-order valence-electron chi connectivity index (χ2n) is 4.90. The van der Waals surface area contributed by atoms with Crippen molar-refractivity contribution in [2.45, 2.75) is 39.7 Å². The topological polar surface area (TPSA) is 81.7 Å². The maximum absolute atomic E-state index is 11.7. The van der Waals surface area contributed by atoms with E-state index < -0.39 is 23.9 Å². The van der Waals surface area contributed by atoms with Gasteiger partial charge in [-0.05, 0) is 12.3 Å². The third-order valence-electron chi connectivity index (χ3n) is 2.61. The minimum absolute atomic E-state index is 0.156. The molecule has 19 heavy (non-hydrogen) atoms. The van der Waals surface area contributed by atoms with Gasteiger partial charge in [-0.3, -0.25) is 9.59 Å². The van der Waals surface area contributed by atoms with E-state index in [4.69, 9.17) is 0 Å². The summed E-state index contributed by atoms with van der Waals surface area (Å²) in [4.78, 5) is 34.6. The zero-order valence-corrected chi connectivity index (χ0v) is 12.2. The first-order valence-corrected chi connectivity index (χ1v) is 6.26. The van der Waals surface area contributed by atoms with Crippen molar-refractivity contribution in [3.05, 3.63) is 0 Å². The van der Waals surface area contributed by atoms with Gasteiger partial charge in [0.05, 0.1) is 20.1 Å². The highest BCUT2D eigenvalue weighted by molar-refractivity contribution is 5.85. The maximum Gasteiger partial charge on any atom is 0.328 e. The Balaban J connectivity index is 4.60. The van der Waals surface area contributed by atoms with Gasteiger partial charge in [-0.2, -0.15) is 0 Å². The van der Waals surface area contributed by atoms with Gasteiger partial charge in [-0.15, -0.1) is 0 Å². The van der Waals surface area contributed by atoms with E-state index in [2.05, 4.69) is 14.8 Å². The Labute approximate surface area is 113 Å². The molecule has 1 N–H and O–H groups in total. The fourth-order valence-corrected chi connectivity index (χ4v) is 1.63. The molecule has 0 fully saturated rings. The molecule has 110 valence electrons. The van der Waals surface area contributed by atoms with Gasteiger partial charge in [-0.1, -0.05) is 20.8 Å². The predicted molar refractivity (Wildman–Crippen MR) is 69.2 cm³/mol. The normalized spacial score (nSPS) is 13.6. The average Bonchev–Trinajstić information content (AvgIpc) is 2.34. The van der Waals surface area contributed by atoms with Crippen LogP contribution in [0.3, 0.4) is 0 Å². The Bertz CT molecular complexity index is 327. The summed E-state index contributed by atoms with van der Waals surface area (Å²) >= 11 is 0. The van der Waals surface area contributed by atoms with Crippen molar-refractivity contribution in [1.29, 1.82) is 0 Å². The van der Waals surface area contributed by atoms with Gasteiger partial charge in [-0.25, -0.2) is 4.79 Å². The minimum Gasteiger partial charge on any atom is -0.469 e. The fourth-order valence-electron chi connectivity index (χ4n) is 1.63. The fraction of sp³-hybridized carbons (Fsp3) is 0.769. The number of carbonyl (C=O) groups is 3. The molecule has 0 saturated heterocycles. The summed E-state index contributed by atoms with van der Waals surface area (Å²) in [7, 11) is 2.52. The summed E-state index contributed by atoms with van der Waals surface area (Å²) in [5.41, 5.74) is 0. The number of nitrogens with one attached hydrogen (secondary N) is 1. The van der Waals surface area contributed by atoms with E-state index in [0.717, 1.165) is 0 Å². The number of rotatable bonds is 7. The predicted octanol–water partition coefficient (Wildman–Crippen LogP) is 0.889. The summed E-state index contributed by atoms with van der Waals surface area (Å²) in [6.07, 6.45) is 0.475. The van der Waals surface area contributed by atoms with Gasteiger partial charge < -0.3 is 14.8 Å². The molecule has 0 spiro atoms. The van der Waals surface area contributed by atoms with Crippen molar-refractivity contribution in [2.75, 3.05) is 14.2 Å². The van der Waals surface area contributed by atoms with Crippen molar-refractivity contribution in [3.63, 3.8) is 0 Å². The van der Waals surface area contributed by atoms with Crippen molar-refractivity contribution in [2.24, 2.45) is 11.8 Å². The summed E-state index contributed by atoms with van der Waals surface area (Å²) in [6.45, 7) is 5.45. The van der Waals surface area contributed by atoms with Crippen LogP contribution in [0.15, 0.2) is 0 Å². The Hall–Kier alpha value is -1.59. The van der Waals surface area contributed by atoms with Gasteiger partial charge in [0.2, 0.25) is 5.91 Å². The summed E-state index contributed by atoms with van der Waals surface area (Å²) in [5, 5.41) is 2.59. The number of hydrogen-bond acceptors (Lipinski definition) is 5. The molecule has 6 nitrogen and oxygen atoms in total. The molecular weight excluding hydrogens is 250 g/mol. The number of carbonyl (C=O) groups excluding carboxylic acids is 3. The van der Waals surface area contributed by atoms with Gasteiger partial charge in [0, 0.05) is 6.42 Å². The van der Waals surface area contributed by atoms with Gasteiger partial charge >= 0.3 is 11.9 Å². The van der Waals surface area contributed by atoms with Crippen LogP contribution in [0, 0.1) is 11.8 Å². The van der Waals surface area contributed by atoms with E-state index in [1.807, 2.05) is 13.8 Å². The van der Waals surface area contributed by atoms with Crippen LogP contribution in [0.4, 0.5) is 0 Å². The molecule has 0 radical (unpaired) electrons. The van der Waals surface area contributed by atoms with Crippen molar-refractivity contribution < 1.29 is 23.9 Å². The highest BCUT2D eigenvalue weighted by Crippen LogP contribution is 2.10. The lowest BCUT2D eigenvalue weighted by Gasteiger charge is -2.19. The average molecular weight is 273 g/mol. The molecule has 0 rings (SSSR count). The summed E-state index contributed by atoms with van der Waals surface area (Å²) < 4.78 is 9.22. The molecular formula is C13H23NO5. The number of amides is 1. The van der Waals surface area contributed by atoms with Crippen LogP contribution in [0.5, 0.6) is 0 Å². The molecule has 0 aromatic heterocycles. The SMILES string of the molecule is COC(=O)[C@H](C)C[C@H](NC(=O)CC(C)C)C(=O)OC. The molecule has 0 aliphatic rings. The highest BCUT2D eigenvalue weighted by Gasteiger charge is 2.27. The van der Waals surface area contributed by atoms with Crippen LogP contribution in [-0.4, -0.2) is 38.1 Å². The van der Waals surface area contributed by atoms with Gasteiger partial charge in [0.1, 0.15) is 6.04 Å². The van der Waals surface area contributed by atoms with Crippen molar-refractivity contribution in [3.8, 4) is 0 Å². The molecule has 0 unspecified atom stereocenters. The third-order valence-corrected chi connectivity index (χ3v) is 2.61. The smallest absolute Gasteiger partial charge is 0.328 e. The van der Waals surface area contributed by atoms with Gasteiger partial charge in [0.15, 0.2) is 0 Å². The Kier molecular flexibility index (Phi) is 7.79. The van der Waals surface area contributed by atoms with Crippen molar-refractivity contribution in [1.82, 2.24) is 5.32 Å². The standard InChI is InChI=1S/C13H23NO5/c1-8(2)6-11(15)14-10(13(17)19-5)7-9(3)12(16)18-4/h8-10H,6-7H2,1-5H3,(H,14,15)/t9-,10+/m1/s1. The largest absolute Gasteiger partial charge is 0.469 e. The molecule has 0 aliphatic carbocycles. The number of methoxy groups -OCH3 is 2.